The molecule has 27 heavy (non-hydrogen) atoms. The first-order valence-corrected chi connectivity index (χ1v) is 10.7. The van der Waals surface area contributed by atoms with Crippen LogP contribution in [0.4, 0.5) is 0 Å². The Kier molecular flexibility index (Phi) is 5.56. The van der Waals surface area contributed by atoms with Crippen molar-refractivity contribution in [1.29, 1.82) is 0 Å². The van der Waals surface area contributed by atoms with Gasteiger partial charge in [-0.3, -0.25) is 9.69 Å². The van der Waals surface area contributed by atoms with Crippen molar-refractivity contribution in [3.8, 4) is 0 Å². The van der Waals surface area contributed by atoms with Crippen molar-refractivity contribution in [3.05, 3.63) is 35.9 Å². The first-order chi connectivity index (χ1) is 13.1. The molecular formula is C23H34N2O2. The van der Waals surface area contributed by atoms with E-state index in [1.807, 2.05) is 37.4 Å². The SMILES string of the molecule is CC1COC2(CCC(N(C)C(=O)Cc3ccccc3)C(N3CCCC3)C2)C1. The molecule has 4 unspecified atom stereocenters. The third-order valence-electron chi connectivity index (χ3n) is 7.01. The Labute approximate surface area is 163 Å². The summed E-state index contributed by atoms with van der Waals surface area (Å²) in [4.78, 5) is 17.7. The standard InChI is InChI=1S/C23H34N2O2/c1-18-15-23(27-17-18)11-10-20(21(16-23)25-12-6-7-13-25)24(2)22(26)14-19-8-4-3-5-9-19/h3-5,8-9,18,20-21H,6-7,10-17H2,1-2H3. The first-order valence-electron chi connectivity index (χ1n) is 10.7. The van der Waals surface area contributed by atoms with Gasteiger partial charge in [0.25, 0.3) is 0 Å². The zero-order valence-electron chi connectivity index (χ0n) is 16.9. The second-order valence-corrected chi connectivity index (χ2v) is 9.09. The molecule has 3 fully saturated rings. The Morgan fingerprint density at radius 3 is 2.63 bits per heavy atom. The second kappa shape index (κ2) is 7.92. The molecule has 4 atom stereocenters. The Hall–Kier alpha value is -1.39. The maximum atomic E-state index is 13.0. The lowest BCUT2D eigenvalue weighted by molar-refractivity contribution is -0.136. The molecule has 4 heteroatoms. The van der Waals surface area contributed by atoms with Gasteiger partial charge in [-0.15, -0.1) is 0 Å². The summed E-state index contributed by atoms with van der Waals surface area (Å²) in [6, 6.07) is 10.9. The summed E-state index contributed by atoms with van der Waals surface area (Å²) in [5.41, 5.74) is 1.17. The van der Waals surface area contributed by atoms with E-state index in [4.69, 9.17) is 4.74 Å². The van der Waals surface area contributed by atoms with Crippen LogP contribution in [0.1, 0.15) is 51.0 Å². The lowest BCUT2D eigenvalue weighted by Gasteiger charge is -2.48. The Balaban J connectivity index is 1.48. The van der Waals surface area contributed by atoms with Crippen molar-refractivity contribution >= 4 is 5.91 Å². The molecule has 1 spiro atoms. The Morgan fingerprint density at radius 2 is 1.96 bits per heavy atom. The zero-order chi connectivity index (χ0) is 18.9. The second-order valence-electron chi connectivity index (χ2n) is 9.09. The van der Waals surface area contributed by atoms with Gasteiger partial charge in [-0.2, -0.15) is 0 Å². The number of amides is 1. The van der Waals surface area contributed by atoms with Gasteiger partial charge in [-0.25, -0.2) is 0 Å². The van der Waals surface area contributed by atoms with Crippen LogP contribution in [0.5, 0.6) is 0 Å². The minimum absolute atomic E-state index is 0.0620. The fraction of sp³-hybridized carbons (Fsp3) is 0.696. The number of nitrogens with zero attached hydrogens (tertiary/aromatic N) is 2. The number of benzene rings is 1. The fourth-order valence-corrected chi connectivity index (χ4v) is 5.59. The summed E-state index contributed by atoms with van der Waals surface area (Å²) < 4.78 is 6.34. The van der Waals surface area contributed by atoms with Crippen LogP contribution < -0.4 is 0 Å². The van der Waals surface area contributed by atoms with Crippen LogP contribution in [-0.4, -0.2) is 60.1 Å². The van der Waals surface area contributed by atoms with E-state index in [9.17, 15) is 4.79 Å². The number of rotatable bonds is 4. The van der Waals surface area contributed by atoms with Crippen LogP contribution in [0.15, 0.2) is 30.3 Å². The van der Waals surface area contributed by atoms with E-state index in [1.165, 1.54) is 32.4 Å². The Morgan fingerprint density at radius 1 is 1.22 bits per heavy atom. The largest absolute Gasteiger partial charge is 0.375 e. The van der Waals surface area contributed by atoms with Gasteiger partial charge < -0.3 is 9.64 Å². The molecule has 0 N–H and O–H groups in total. The van der Waals surface area contributed by atoms with Crippen molar-refractivity contribution in [2.45, 2.75) is 69.6 Å². The third kappa shape index (κ3) is 4.07. The van der Waals surface area contributed by atoms with Gasteiger partial charge >= 0.3 is 0 Å². The molecule has 0 bridgehead atoms. The molecule has 2 saturated heterocycles. The predicted molar refractivity (Wildman–Crippen MR) is 108 cm³/mol. The van der Waals surface area contributed by atoms with Gasteiger partial charge in [0.15, 0.2) is 0 Å². The lowest BCUT2D eigenvalue weighted by atomic mass is 9.75. The summed E-state index contributed by atoms with van der Waals surface area (Å²) >= 11 is 0. The van der Waals surface area contributed by atoms with Crippen molar-refractivity contribution in [1.82, 2.24) is 9.80 Å². The molecule has 0 aromatic heterocycles. The quantitative estimate of drug-likeness (QED) is 0.813. The first kappa shape index (κ1) is 18.9. The van der Waals surface area contributed by atoms with Crippen LogP contribution in [0.25, 0.3) is 0 Å². The highest BCUT2D eigenvalue weighted by atomic mass is 16.5. The van der Waals surface area contributed by atoms with Crippen LogP contribution >= 0.6 is 0 Å². The monoisotopic (exact) mass is 370 g/mol. The molecule has 1 aliphatic carbocycles. The van der Waals surface area contributed by atoms with Crippen molar-refractivity contribution < 1.29 is 9.53 Å². The van der Waals surface area contributed by atoms with Crippen LogP contribution in [0.3, 0.4) is 0 Å². The van der Waals surface area contributed by atoms with Crippen LogP contribution in [0, 0.1) is 5.92 Å². The highest BCUT2D eigenvalue weighted by Gasteiger charge is 2.49. The maximum Gasteiger partial charge on any atom is 0.227 e. The molecule has 0 radical (unpaired) electrons. The number of hydrogen-bond donors (Lipinski definition) is 0. The van der Waals surface area contributed by atoms with Gasteiger partial charge in [0.1, 0.15) is 0 Å². The van der Waals surface area contributed by atoms with Crippen LogP contribution in [-0.2, 0) is 16.0 Å². The van der Waals surface area contributed by atoms with E-state index in [0.717, 1.165) is 31.4 Å². The number of likely N-dealkylation sites (N-methyl/N-ethyl adjacent to an activating group) is 1. The topological polar surface area (TPSA) is 32.8 Å². The highest BCUT2D eigenvalue weighted by Crippen LogP contribution is 2.44. The number of carbonyl (C=O) groups excluding carboxylic acids is 1. The fourth-order valence-electron chi connectivity index (χ4n) is 5.59. The van der Waals surface area contributed by atoms with Gasteiger partial charge in [0.05, 0.1) is 12.0 Å². The molecule has 1 amide bonds. The van der Waals surface area contributed by atoms with E-state index in [2.05, 4.69) is 16.7 Å². The smallest absolute Gasteiger partial charge is 0.227 e. The molecule has 1 aromatic rings. The minimum atomic E-state index is 0.0620. The molecular weight excluding hydrogens is 336 g/mol. The maximum absolute atomic E-state index is 13.0. The van der Waals surface area contributed by atoms with E-state index in [0.29, 0.717) is 24.4 Å². The van der Waals surface area contributed by atoms with Gasteiger partial charge in [-0.05, 0) is 63.1 Å². The Bertz CT molecular complexity index is 643. The number of likely N-dealkylation sites (tertiary alicyclic amines) is 1. The number of ether oxygens (including phenoxy) is 1. The molecule has 4 nitrogen and oxygen atoms in total. The number of hydrogen-bond acceptors (Lipinski definition) is 3. The third-order valence-corrected chi connectivity index (χ3v) is 7.01. The van der Waals surface area contributed by atoms with E-state index < -0.39 is 0 Å². The summed E-state index contributed by atoms with van der Waals surface area (Å²) in [7, 11) is 2.02. The van der Waals surface area contributed by atoms with Crippen LogP contribution in [0.2, 0.25) is 0 Å². The predicted octanol–water partition coefficient (Wildman–Crippen LogP) is 3.50. The molecule has 1 saturated carbocycles. The molecule has 2 aliphatic heterocycles. The summed E-state index contributed by atoms with van der Waals surface area (Å²) in [5, 5.41) is 0. The molecule has 1 aromatic carbocycles. The van der Waals surface area contributed by atoms with Gasteiger partial charge in [0.2, 0.25) is 5.91 Å². The van der Waals surface area contributed by atoms with Crippen molar-refractivity contribution in [3.63, 3.8) is 0 Å². The van der Waals surface area contributed by atoms with Crippen molar-refractivity contribution in [2.24, 2.45) is 5.92 Å². The van der Waals surface area contributed by atoms with Crippen molar-refractivity contribution in [2.75, 3.05) is 26.7 Å². The molecule has 2 heterocycles. The van der Waals surface area contributed by atoms with Gasteiger partial charge in [0, 0.05) is 25.7 Å². The van der Waals surface area contributed by atoms with E-state index in [-0.39, 0.29) is 11.5 Å². The average molecular weight is 371 g/mol. The normalized spacial score (nSPS) is 34.2. The number of carbonyl (C=O) groups is 1. The minimum Gasteiger partial charge on any atom is -0.375 e. The van der Waals surface area contributed by atoms with Gasteiger partial charge in [-0.1, -0.05) is 37.3 Å². The summed E-state index contributed by atoms with van der Waals surface area (Å²) in [5.74, 6) is 0.908. The summed E-state index contributed by atoms with van der Waals surface area (Å²) in [6.45, 7) is 5.56. The lowest BCUT2D eigenvalue weighted by Crippen LogP contribution is -2.58. The molecule has 4 rings (SSSR count). The molecule has 3 aliphatic rings. The highest BCUT2D eigenvalue weighted by molar-refractivity contribution is 5.79. The molecule has 148 valence electrons. The zero-order valence-corrected chi connectivity index (χ0v) is 16.9. The van der Waals surface area contributed by atoms with E-state index >= 15 is 0 Å². The van der Waals surface area contributed by atoms with E-state index in [1.54, 1.807) is 0 Å². The summed E-state index contributed by atoms with van der Waals surface area (Å²) in [6.07, 6.45) is 7.50. The average Bonchev–Trinajstić information content (AvgIpc) is 3.32.